The molecule has 1 nitrogen and oxygen atoms in total. The largest absolute Gasteiger partial charge is 0.417 e. The Kier molecular flexibility index (Phi) is 7.61. The van der Waals surface area contributed by atoms with Crippen molar-refractivity contribution < 1.29 is 4.43 Å². The van der Waals surface area contributed by atoms with Gasteiger partial charge in [-0.05, 0) is 81.3 Å². The highest BCUT2D eigenvalue weighted by atomic mass is 28.4. The molecule has 0 amide bonds. The van der Waals surface area contributed by atoms with E-state index in [1.165, 1.54) is 31.3 Å². The van der Waals surface area contributed by atoms with Gasteiger partial charge in [-0.3, -0.25) is 0 Å². The Morgan fingerprint density at radius 2 is 1.58 bits per heavy atom. The molecule has 0 aromatic heterocycles. The van der Waals surface area contributed by atoms with Crippen molar-refractivity contribution in [1.29, 1.82) is 0 Å². The Morgan fingerprint density at radius 3 is 2.08 bits per heavy atom. The normalized spacial score (nSPS) is 26.0. The first-order valence-corrected chi connectivity index (χ1v) is 13.5. The molecule has 0 aliphatic heterocycles. The molecule has 0 unspecified atom stereocenters. The minimum Gasteiger partial charge on any atom is -0.417 e. The predicted molar refractivity (Wildman–Crippen MR) is 120 cm³/mol. The molecule has 0 radical (unpaired) electrons. The van der Waals surface area contributed by atoms with Crippen LogP contribution in [0.2, 0.25) is 18.1 Å². The molecule has 0 saturated heterocycles. The van der Waals surface area contributed by atoms with E-state index >= 15 is 0 Å². The van der Waals surface area contributed by atoms with Crippen molar-refractivity contribution in [2.75, 3.05) is 6.61 Å². The van der Waals surface area contributed by atoms with Gasteiger partial charge in [-0.2, -0.15) is 0 Å². The van der Waals surface area contributed by atoms with Gasteiger partial charge in [0.05, 0.1) is 0 Å². The van der Waals surface area contributed by atoms with Crippen LogP contribution in [-0.4, -0.2) is 14.9 Å². The number of allylic oxidation sites excluding steroid dienone is 4. The van der Waals surface area contributed by atoms with E-state index in [9.17, 15) is 0 Å². The molecule has 0 spiro atoms. The van der Waals surface area contributed by atoms with Gasteiger partial charge in [0.25, 0.3) is 0 Å². The zero-order valence-corrected chi connectivity index (χ0v) is 20.7. The quantitative estimate of drug-likeness (QED) is 0.290. The molecule has 1 aliphatic carbocycles. The molecule has 0 heterocycles. The lowest BCUT2D eigenvalue weighted by Gasteiger charge is -2.36. The van der Waals surface area contributed by atoms with E-state index in [1.807, 2.05) is 0 Å². The fourth-order valence-corrected chi connectivity index (χ4v) is 4.92. The zero-order valence-electron chi connectivity index (χ0n) is 19.7. The van der Waals surface area contributed by atoms with Gasteiger partial charge in [0.2, 0.25) is 0 Å². The summed E-state index contributed by atoms with van der Waals surface area (Å²) in [4.78, 5) is 0. The van der Waals surface area contributed by atoms with E-state index < -0.39 is 8.32 Å². The van der Waals surface area contributed by atoms with Crippen LogP contribution in [0.25, 0.3) is 0 Å². The van der Waals surface area contributed by atoms with Gasteiger partial charge in [0.15, 0.2) is 8.32 Å². The lowest BCUT2D eigenvalue weighted by Crippen LogP contribution is -2.41. The number of rotatable bonds is 9. The van der Waals surface area contributed by atoms with Gasteiger partial charge < -0.3 is 4.43 Å². The summed E-state index contributed by atoms with van der Waals surface area (Å²) in [5.41, 5.74) is 3.79. The Bertz CT molecular complexity index is 529. The fourth-order valence-electron chi connectivity index (χ4n) is 3.90. The van der Waals surface area contributed by atoms with Crippen LogP contribution in [0.15, 0.2) is 23.3 Å². The van der Waals surface area contributed by atoms with E-state index in [0.717, 1.165) is 6.61 Å². The average Bonchev–Trinajstić information content (AvgIpc) is 2.87. The molecule has 1 rings (SSSR count). The lowest BCUT2D eigenvalue weighted by atomic mass is 9.92. The monoisotopic (exact) mass is 378 g/mol. The first-order chi connectivity index (χ1) is 11.6. The molecular weight excluding hydrogens is 332 g/mol. The van der Waals surface area contributed by atoms with E-state index in [2.05, 4.69) is 87.6 Å². The van der Waals surface area contributed by atoms with Crippen LogP contribution in [-0.2, 0) is 4.43 Å². The molecular formula is C24H46OSi. The molecule has 26 heavy (non-hydrogen) atoms. The summed E-state index contributed by atoms with van der Waals surface area (Å²) in [6.45, 7) is 26.7. The summed E-state index contributed by atoms with van der Waals surface area (Å²) in [5.74, 6) is 0.698. The van der Waals surface area contributed by atoms with Gasteiger partial charge in [-0.1, -0.05) is 64.8 Å². The minimum atomic E-state index is -1.64. The van der Waals surface area contributed by atoms with E-state index in [-0.39, 0.29) is 0 Å². The first kappa shape index (κ1) is 23.7. The molecule has 0 aromatic carbocycles. The third-order valence-electron chi connectivity index (χ3n) is 7.69. The highest BCUT2D eigenvalue weighted by Crippen LogP contribution is 2.71. The van der Waals surface area contributed by atoms with Crippen LogP contribution < -0.4 is 0 Å². The SMILES string of the molecule is CC(C)=CCC/C(C)=C/CC[C@]1(C)[C@@H](CO[Si](C)(C)C(C)(C)C)C1(C)C. The summed E-state index contributed by atoms with van der Waals surface area (Å²) in [6.07, 6.45) is 9.68. The maximum absolute atomic E-state index is 6.57. The molecule has 0 aromatic rings. The van der Waals surface area contributed by atoms with Crippen LogP contribution in [0.4, 0.5) is 0 Å². The Morgan fingerprint density at radius 1 is 1.00 bits per heavy atom. The molecule has 1 fully saturated rings. The molecule has 1 saturated carbocycles. The Balaban J connectivity index is 2.55. The van der Waals surface area contributed by atoms with E-state index in [4.69, 9.17) is 4.43 Å². The van der Waals surface area contributed by atoms with Crippen LogP contribution >= 0.6 is 0 Å². The van der Waals surface area contributed by atoms with Crippen LogP contribution in [0.5, 0.6) is 0 Å². The Labute approximate surface area is 165 Å². The summed E-state index contributed by atoms with van der Waals surface area (Å²) < 4.78 is 6.57. The van der Waals surface area contributed by atoms with E-state index in [1.54, 1.807) is 5.57 Å². The van der Waals surface area contributed by atoms with Crippen LogP contribution in [0, 0.1) is 16.7 Å². The smallest absolute Gasteiger partial charge is 0.191 e. The second-order valence-corrected chi connectivity index (χ2v) is 16.0. The molecule has 2 atom stereocenters. The third-order valence-corrected chi connectivity index (χ3v) is 12.2. The second kappa shape index (κ2) is 8.35. The van der Waals surface area contributed by atoms with Gasteiger partial charge in [0, 0.05) is 6.61 Å². The predicted octanol–water partition coefficient (Wildman–Crippen LogP) is 8.14. The fraction of sp³-hybridized carbons (Fsp3) is 0.833. The second-order valence-electron chi connectivity index (χ2n) is 11.2. The summed E-state index contributed by atoms with van der Waals surface area (Å²) in [6, 6.07) is 0. The number of hydrogen-bond donors (Lipinski definition) is 0. The molecule has 0 N–H and O–H groups in total. The van der Waals surface area contributed by atoms with Gasteiger partial charge >= 0.3 is 0 Å². The van der Waals surface area contributed by atoms with E-state index in [0.29, 0.717) is 21.8 Å². The van der Waals surface area contributed by atoms with Crippen molar-refractivity contribution in [3.63, 3.8) is 0 Å². The first-order valence-electron chi connectivity index (χ1n) is 10.6. The Hall–Kier alpha value is -0.343. The molecule has 0 bridgehead atoms. The van der Waals surface area contributed by atoms with Crippen molar-refractivity contribution in [2.45, 2.75) is 106 Å². The summed E-state index contributed by atoms with van der Waals surface area (Å²) in [5, 5.41) is 0.299. The standard InChI is InChI=1S/C24H46OSi/c1-19(2)14-12-15-20(3)16-13-17-24(9)21(23(24,7)8)18-25-26(10,11)22(4,5)6/h14,16,21H,12-13,15,17-18H2,1-11H3/b20-16+/t21-,24+/m0/s1. The van der Waals surface area contributed by atoms with Crippen molar-refractivity contribution >= 4 is 8.32 Å². The molecule has 1 aliphatic rings. The molecule has 152 valence electrons. The minimum absolute atomic E-state index is 0.299. The maximum atomic E-state index is 6.57. The van der Waals surface area contributed by atoms with Gasteiger partial charge in [-0.25, -0.2) is 0 Å². The van der Waals surface area contributed by atoms with Crippen LogP contribution in [0.3, 0.4) is 0 Å². The van der Waals surface area contributed by atoms with Crippen LogP contribution in [0.1, 0.15) is 88.0 Å². The summed E-state index contributed by atoms with van der Waals surface area (Å²) in [7, 11) is -1.64. The van der Waals surface area contributed by atoms with Crippen molar-refractivity contribution in [2.24, 2.45) is 16.7 Å². The van der Waals surface area contributed by atoms with Crippen molar-refractivity contribution in [3.8, 4) is 0 Å². The summed E-state index contributed by atoms with van der Waals surface area (Å²) >= 11 is 0. The van der Waals surface area contributed by atoms with Crippen molar-refractivity contribution in [1.82, 2.24) is 0 Å². The topological polar surface area (TPSA) is 9.23 Å². The third kappa shape index (κ3) is 5.58. The maximum Gasteiger partial charge on any atom is 0.191 e. The zero-order chi connectivity index (χ0) is 20.4. The van der Waals surface area contributed by atoms with Gasteiger partial charge in [-0.15, -0.1) is 0 Å². The van der Waals surface area contributed by atoms with Gasteiger partial charge in [0.1, 0.15) is 0 Å². The number of hydrogen-bond acceptors (Lipinski definition) is 1. The molecule has 2 heteroatoms. The lowest BCUT2D eigenvalue weighted by molar-refractivity contribution is 0.245. The average molecular weight is 379 g/mol. The highest BCUT2D eigenvalue weighted by Gasteiger charge is 2.66. The highest BCUT2D eigenvalue weighted by molar-refractivity contribution is 6.74. The van der Waals surface area contributed by atoms with Crippen molar-refractivity contribution in [3.05, 3.63) is 23.3 Å².